The second kappa shape index (κ2) is 11.1. The van der Waals surface area contributed by atoms with E-state index >= 15 is 0 Å². The molecule has 0 saturated carbocycles. The molecule has 1 unspecified atom stereocenters. The summed E-state index contributed by atoms with van der Waals surface area (Å²) >= 11 is 0. The zero-order valence-corrected chi connectivity index (χ0v) is 20.9. The molecule has 1 amide bonds. The van der Waals surface area contributed by atoms with E-state index in [4.69, 9.17) is 4.74 Å². The first-order valence-electron chi connectivity index (χ1n) is 13.0. The molecule has 0 aliphatic carbocycles. The molecule has 1 saturated heterocycles. The maximum atomic E-state index is 13.2. The summed E-state index contributed by atoms with van der Waals surface area (Å²) in [5.74, 6) is 0.0465. The van der Waals surface area contributed by atoms with Crippen LogP contribution in [0.15, 0.2) is 42.5 Å². The van der Waals surface area contributed by atoms with Gasteiger partial charge < -0.3 is 19.6 Å². The lowest BCUT2D eigenvalue weighted by molar-refractivity contribution is 0.0493. The van der Waals surface area contributed by atoms with E-state index in [0.717, 1.165) is 76.4 Å². The van der Waals surface area contributed by atoms with E-state index in [1.165, 1.54) is 16.8 Å². The van der Waals surface area contributed by atoms with Crippen LogP contribution in [0.25, 0.3) is 0 Å². The van der Waals surface area contributed by atoms with Crippen LogP contribution in [0.1, 0.15) is 27.0 Å². The molecule has 0 radical (unpaired) electrons. The lowest BCUT2D eigenvalue weighted by Gasteiger charge is -2.37. The van der Waals surface area contributed by atoms with Gasteiger partial charge in [-0.2, -0.15) is 0 Å². The molecule has 1 N–H and O–H groups in total. The van der Waals surface area contributed by atoms with E-state index in [1.54, 1.807) is 7.11 Å². The Hall–Kier alpha value is -2.45. The van der Waals surface area contributed by atoms with Crippen LogP contribution < -0.4 is 4.90 Å². The number of amides is 1. The zero-order chi connectivity index (χ0) is 24.2. The highest BCUT2D eigenvalue weighted by Crippen LogP contribution is 2.26. The fourth-order valence-corrected chi connectivity index (χ4v) is 5.66. The highest BCUT2D eigenvalue weighted by molar-refractivity contribution is 5.97. The zero-order valence-electron chi connectivity index (χ0n) is 20.9. The molecule has 188 valence electrons. The average Bonchev–Trinajstić information content (AvgIpc) is 2.89. The van der Waals surface area contributed by atoms with Crippen molar-refractivity contribution in [2.24, 2.45) is 0 Å². The summed E-state index contributed by atoms with van der Waals surface area (Å²) in [6.07, 6.45) is 1.31. The minimum Gasteiger partial charge on any atom is -0.390 e. The van der Waals surface area contributed by atoms with Crippen molar-refractivity contribution >= 4 is 11.6 Å². The number of rotatable bonds is 8. The second-order valence-electron chi connectivity index (χ2n) is 10.1. The number of hydrogen-bond acceptors (Lipinski definition) is 6. The number of piperazine rings is 1. The van der Waals surface area contributed by atoms with Crippen LogP contribution in [-0.4, -0.2) is 104 Å². The highest BCUT2D eigenvalue weighted by Gasteiger charge is 2.28. The van der Waals surface area contributed by atoms with E-state index < -0.39 is 6.10 Å². The van der Waals surface area contributed by atoms with Gasteiger partial charge in [0.15, 0.2) is 0 Å². The van der Waals surface area contributed by atoms with Gasteiger partial charge in [-0.1, -0.05) is 24.3 Å². The van der Waals surface area contributed by atoms with Gasteiger partial charge in [-0.25, -0.2) is 0 Å². The number of ether oxygens (including phenoxy) is 1. The van der Waals surface area contributed by atoms with Gasteiger partial charge in [0.05, 0.1) is 12.7 Å². The van der Waals surface area contributed by atoms with Crippen LogP contribution in [-0.2, 0) is 24.1 Å². The lowest BCUT2D eigenvalue weighted by Crippen LogP contribution is -2.47. The highest BCUT2D eigenvalue weighted by atomic mass is 16.5. The number of hydrogen-bond donors (Lipinski definition) is 1. The molecule has 3 heterocycles. The molecule has 2 aromatic carbocycles. The van der Waals surface area contributed by atoms with Crippen molar-refractivity contribution in [3.8, 4) is 0 Å². The van der Waals surface area contributed by atoms with Crippen molar-refractivity contribution in [1.29, 1.82) is 0 Å². The van der Waals surface area contributed by atoms with Gasteiger partial charge in [-0.3, -0.25) is 14.6 Å². The predicted molar refractivity (Wildman–Crippen MR) is 138 cm³/mol. The Morgan fingerprint density at radius 3 is 2.46 bits per heavy atom. The Kier molecular flexibility index (Phi) is 7.68. The molecule has 1 fully saturated rings. The summed E-state index contributed by atoms with van der Waals surface area (Å²) in [5.41, 5.74) is 5.89. The number of nitrogens with zero attached hydrogens (tertiary/aromatic N) is 4. The van der Waals surface area contributed by atoms with Crippen molar-refractivity contribution in [2.45, 2.75) is 25.5 Å². The molecule has 3 aliphatic rings. The standard InChI is InChI=1S/C28H38N4O3/c1-35-17-16-29-12-14-31(15-13-29)25-6-7-27-23(18-25)9-11-32(28(27)34)21-26(33)20-30-10-8-22-4-2-3-5-24(22)19-30/h2-7,18,26,33H,8-17,19-21H2,1H3. The van der Waals surface area contributed by atoms with Crippen molar-refractivity contribution in [2.75, 3.05) is 77.5 Å². The number of aliphatic hydroxyl groups is 1. The third-order valence-corrected chi connectivity index (χ3v) is 7.72. The van der Waals surface area contributed by atoms with Crippen molar-refractivity contribution in [3.63, 3.8) is 0 Å². The topological polar surface area (TPSA) is 59.5 Å². The molecular formula is C28H38N4O3. The second-order valence-corrected chi connectivity index (χ2v) is 10.1. The summed E-state index contributed by atoms with van der Waals surface area (Å²) in [6, 6.07) is 14.8. The van der Waals surface area contributed by atoms with Crippen molar-refractivity contribution in [1.82, 2.24) is 14.7 Å². The van der Waals surface area contributed by atoms with Gasteiger partial charge >= 0.3 is 0 Å². The smallest absolute Gasteiger partial charge is 0.254 e. The molecule has 0 spiro atoms. The van der Waals surface area contributed by atoms with Gasteiger partial charge in [0, 0.05) is 83.8 Å². The molecule has 1 atom stereocenters. The summed E-state index contributed by atoms with van der Waals surface area (Å²) < 4.78 is 5.20. The number of fused-ring (bicyclic) bond motifs is 2. The summed E-state index contributed by atoms with van der Waals surface area (Å²) in [5, 5.41) is 10.8. The fraction of sp³-hybridized carbons (Fsp3) is 0.536. The minimum atomic E-state index is -0.542. The van der Waals surface area contributed by atoms with Crippen molar-refractivity contribution < 1.29 is 14.6 Å². The fourth-order valence-electron chi connectivity index (χ4n) is 5.66. The number of benzene rings is 2. The molecular weight excluding hydrogens is 440 g/mol. The van der Waals surface area contributed by atoms with E-state index in [1.807, 2.05) is 11.0 Å². The number of carbonyl (C=O) groups excluding carboxylic acids is 1. The first-order valence-corrected chi connectivity index (χ1v) is 13.0. The number of β-amino-alcohol motifs (C(OH)–C–C–N with tert-alkyl or cyclic N) is 1. The number of carbonyl (C=O) groups is 1. The predicted octanol–water partition coefficient (Wildman–Crippen LogP) is 1.87. The van der Waals surface area contributed by atoms with Gasteiger partial charge in [0.1, 0.15) is 0 Å². The number of aliphatic hydroxyl groups excluding tert-OH is 1. The molecule has 0 bridgehead atoms. The number of methoxy groups -OCH3 is 1. The Balaban J connectivity index is 1.14. The van der Waals surface area contributed by atoms with Gasteiger partial charge in [0.25, 0.3) is 5.91 Å². The summed E-state index contributed by atoms with van der Waals surface area (Å²) in [4.78, 5) is 22.2. The van der Waals surface area contributed by atoms with E-state index in [0.29, 0.717) is 19.6 Å². The third-order valence-electron chi connectivity index (χ3n) is 7.72. The maximum absolute atomic E-state index is 13.2. The van der Waals surface area contributed by atoms with E-state index in [2.05, 4.69) is 51.1 Å². The average molecular weight is 479 g/mol. The normalized spacial score (nSPS) is 20.0. The monoisotopic (exact) mass is 478 g/mol. The number of anilines is 1. The third kappa shape index (κ3) is 5.70. The van der Waals surface area contributed by atoms with Crippen LogP contribution in [0.4, 0.5) is 5.69 Å². The van der Waals surface area contributed by atoms with Crippen LogP contribution in [0.5, 0.6) is 0 Å². The lowest BCUT2D eigenvalue weighted by atomic mass is 9.97. The van der Waals surface area contributed by atoms with Crippen LogP contribution in [0.3, 0.4) is 0 Å². The molecule has 5 rings (SSSR count). The first-order chi connectivity index (χ1) is 17.1. The molecule has 7 heteroatoms. The van der Waals surface area contributed by atoms with Gasteiger partial charge in [-0.05, 0) is 47.7 Å². The molecule has 3 aliphatic heterocycles. The molecule has 7 nitrogen and oxygen atoms in total. The maximum Gasteiger partial charge on any atom is 0.254 e. The first kappa shape index (κ1) is 24.3. The Bertz CT molecular complexity index is 1020. The quantitative estimate of drug-likeness (QED) is 0.625. The van der Waals surface area contributed by atoms with E-state index in [-0.39, 0.29) is 5.91 Å². The molecule has 0 aromatic heterocycles. The SMILES string of the molecule is COCCN1CCN(c2ccc3c(c2)CCN(CC(O)CN2CCc4ccccc4C2)C3=O)CC1. The van der Waals surface area contributed by atoms with Gasteiger partial charge in [-0.15, -0.1) is 0 Å². The van der Waals surface area contributed by atoms with Crippen LogP contribution >= 0.6 is 0 Å². The largest absolute Gasteiger partial charge is 0.390 e. The summed E-state index contributed by atoms with van der Waals surface area (Å²) in [6.45, 7) is 9.30. The molecule has 2 aromatic rings. The van der Waals surface area contributed by atoms with Crippen LogP contribution in [0.2, 0.25) is 0 Å². The van der Waals surface area contributed by atoms with Crippen LogP contribution in [0, 0.1) is 0 Å². The molecule has 35 heavy (non-hydrogen) atoms. The minimum absolute atomic E-state index is 0.0465. The Morgan fingerprint density at radius 1 is 0.886 bits per heavy atom. The summed E-state index contributed by atoms with van der Waals surface area (Å²) in [7, 11) is 1.75. The Labute approximate surface area is 208 Å². The van der Waals surface area contributed by atoms with Gasteiger partial charge in [0.2, 0.25) is 0 Å². The van der Waals surface area contributed by atoms with E-state index in [9.17, 15) is 9.90 Å². The Morgan fingerprint density at radius 2 is 1.66 bits per heavy atom. The van der Waals surface area contributed by atoms with Crippen molar-refractivity contribution in [3.05, 3.63) is 64.7 Å².